The minimum absolute atomic E-state index is 0.0412. The van der Waals surface area contributed by atoms with E-state index in [0.29, 0.717) is 5.76 Å². The van der Waals surface area contributed by atoms with Gasteiger partial charge in [0, 0.05) is 31.4 Å². The maximum Gasteiger partial charge on any atom is 0.245 e. The van der Waals surface area contributed by atoms with Crippen molar-refractivity contribution in [2.75, 3.05) is 0 Å². The Morgan fingerprint density at radius 3 is 2.75 bits per heavy atom. The van der Waals surface area contributed by atoms with Crippen molar-refractivity contribution < 1.29 is 12.8 Å². The number of nitrogens with zero attached hydrogens (tertiary/aromatic N) is 2. The summed E-state index contributed by atoms with van der Waals surface area (Å²) < 4.78 is 33.9. The standard InChI is InChI=1S/C11H15BrN4O3S/c1-7-8(6-16(2)15-7)5-14-20(17,18)10-3-9(4-13)19-11(10)12/h3,6,14H,4-5,13H2,1-2H3. The third-order valence-electron chi connectivity index (χ3n) is 2.76. The number of sulfonamides is 1. The van der Waals surface area contributed by atoms with Gasteiger partial charge in [0.05, 0.1) is 12.2 Å². The van der Waals surface area contributed by atoms with Gasteiger partial charge in [0.1, 0.15) is 10.7 Å². The number of nitrogens with two attached hydrogens (primary N) is 1. The Bertz CT molecular complexity index is 720. The van der Waals surface area contributed by atoms with Crippen LogP contribution >= 0.6 is 15.9 Å². The van der Waals surface area contributed by atoms with Crippen LogP contribution in [0.25, 0.3) is 0 Å². The topological polar surface area (TPSA) is 103 Å². The van der Waals surface area contributed by atoms with Gasteiger partial charge in [-0.15, -0.1) is 0 Å². The highest BCUT2D eigenvalue weighted by Gasteiger charge is 2.22. The monoisotopic (exact) mass is 362 g/mol. The van der Waals surface area contributed by atoms with Crippen LogP contribution in [0.15, 0.2) is 26.2 Å². The van der Waals surface area contributed by atoms with Gasteiger partial charge < -0.3 is 10.2 Å². The summed E-state index contributed by atoms with van der Waals surface area (Å²) in [6.07, 6.45) is 1.77. The van der Waals surface area contributed by atoms with Gasteiger partial charge >= 0.3 is 0 Å². The molecule has 0 amide bonds. The van der Waals surface area contributed by atoms with E-state index in [2.05, 4.69) is 25.8 Å². The summed E-state index contributed by atoms with van der Waals surface area (Å²) in [6, 6.07) is 1.41. The van der Waals surface area contributed by atoms with Crippen LogP contribution in [0.2, 0.25) is 0 Å². The first-order valence-electron chi connectivity index (χ1n) is 5.80. The molecule has 3 N–H and O–H groups in total. The molecule has 2 aromatic rings. The van der Waals surface area contributed by atoms with Crippen LogP contribution in [0.4, 0.5) is 0 Å². The number of halogens is 1. The minimum Gasteiger partial charge on any atom is -0.452 e. The fourth-order valence-corrected chi connectivity index (χ4v) is 3.76. The molecule has 0 spiro atoms. The fraction of sp³-hybridized carbons (Fsp3) is 0.364. The SMILES string of the molecule is Cc1nn(C)cc1CNS(=O)(=O)c1cc(CN)oc1Br. The number of hydrogen-bond donors (Lipinski definition) is 2. The molecule has 0 fully saturated rings. The van der Waals surface area contributed by atoms with Crippen molar-refractivity contribution in [3.8, 4) is 0 Å². The lowest BCUT2D eigenvalue weighted by atomic mass is 10.3. The van der Waals surface area contributed by atoms with E-state index in [1.54, 1.807) is 17.9 Å². The first-order valence-corrected chi connectivity index (χ1v) is 8.08. The molecular weight excluding hydrogens is 348 g/mol. The molecule has 0 radical (unpaired) electrons. The predicted molar refractivity (Wildman–Crippen MR) is 76.3 cm³/mol. The smallest absolute Gasteiger partial charge is 0.245 e. The zero-order chi connectivity index (χ0) is 14.9. The molecule has 0 bridgehead atoms. The fourth-order valence-electron chi connectivity index (χ4n) is 1.75. The van der Waals surface area contributed by atoms with E-state index in [9.17, 15) is 8.42 Å². The van der Waals surface area contributed by atoms with Gasteiger partial charge in [-0.1, -0.05) is 0 Å². The van der Waals surface area contributed by atoms with Gasteiger partial charge in [-0.05, 0) is 22.9 Å². The first kappa shape index (κ1) is 15.2. The van der Waals surface area contributed by atoms with E-state index < -0.39 is 10.0 Å². The Balaban J connectivity index is 2.19. The maximum atomic E-state index is 12.2. The largest absolute Gasteiger partial charge is 0.452 e. The van der Waals surface area contributed by atoms with Crippen LogP contribution in [0.1, 0.15) is 17.0 Å². The summed E-state index contributed by atoms with van der Waals surface area (Å²) in [6.45, 7) is 2.12. The first-order chi connectivity index (χ1) is 9.33. The molecule has 2 rings (SSSR count). The molecule has 0 aliphatic carbocycles. The number of furan rings is 1. The van der Waals surface area contributed by atoms with Crippen molar-refractivity contribution in [3.63, 3.8) is 0 Å². The molecule has 110 valence electrons. The normalized spacial score (nSPS) is 12.0. The van der Waals surface area contributed by atoms with E-state index in [1.165, 1.54) is 6.07 Å². The predicted octanol–water partition coefficient (Wildman–Crippen LogP) is 1.02. The van der Waals surface area contributed by atoms with Crippen LogP contribution < -0.4 is 10.5 Å². The van der Waals surface area contributed by atoms with Crippen LogP contribution in [0, 0.1) is 6.92 Å². The Kier molecular flexibility index (Phi) is 4.33. The average Bonchev–Trinajstić information content (AvgIpc) is 2.90. The molecule has 7 nitrogen and oxygen atoms in total. The molecule has 2 heterocycles. The maximum absolute atomic E-state index is 12.2. The summed E-state index contributed by atoms with van der Waals surface area (Å²) in [5.74, 6) is 0.398. The molecule has 0 unspecified atom stereocenters. The second-order valence-corrected chi connectivity index (χ2v) is 6.75. The highest BCUT2D eigenvalue weighted by atomic mass is 79.9. The highest BCUT2D eigenvalue weighted by molar-refractivity contribution is 9.10. The van der Waals surface area contributed by atoms with Crippen molar-refractivity contribution in [3.05, 3.63) is 34.0 Å². The van der Waals surface area contributed by atoms with Gasteiger partial charge in [-0.25, -0.2) is 13.1 Å². The lowest BCUT2D eigenvalue weighted by Gasteiger charge is -2.04. The molecule has 20 heavy (non-hydrogen) atoms. The van der Waals surface area contributed by atoms with Crippen LogP contribution in [0.5, 0.6) is 0 Å². The molecule has 2 aromatic heterocycles. The van der Waals surface area contributed by atoms with Gasteiger partial charge in [-0.3, -0.25) is 4.68 Å². The van der Waals surface area contributed by atoms with E-state index >= 15 is 0 Å². The minimum atomic E-state index is -3.67. The van der Waals surface area contributed by atoms with Crippen LogP contribution in [-0.2, 0) is 30.2 Å². The summed E-state index contributed by atoms with van der Waals surface area (Å²) in [7, 11) is -1.89. The van der Waals surface area contributed by atoms with Crippen molar-refractivity contribution in [1.29, 1.82) is 0 Å². The number of rotatable bonds is 5. The summed E-state index contributed by atoms with van der Waals surface area (Å²) >= 11 is 3.08. The van der Waals surface area contributed by atoms with E-state index in [1.807, 2.05) is 6.92 Å². The van der Waals surface area contributed by atoms with Gasteiger partial charge in [0.25, 0.3) is 0 Å². The van der Waals surface area contributed by atoms with Crippen molar-refractivity contribution in [1.82, 2.24) is 14.5 Å². The molecule has 0 saturated heterocycles. The number of aryl methyl sites for hydroxylation is 2. The van der Waals surface area contributed by atoms with Crippen molar-refractivity contribution >= 4 is 26.0 Å². The van der Waals surface area contributed by atoms with Crippen molar-refractivity contribution in [2.45, 2.75) is 24.9 Å². The quantitative estimate of drug-likeness (QED) is 0.826. The molecule has 0 saturated carbocycles. The Morgan fingerprint density at radius 2 is 2.25 bits per heavy atom. The van der Waals surface area contributed by atoms with Crippen molar-refractivity contribution in [2.24, 2.45) is 12.8 Å². The molecule has 0 aromatic carbocycles. The molecule has 0 aliphatic rings. The number of aromatic nitrogens is 2. The summed E-state index contributed by atoms with van der Waals surface area (Å²) in [5, 5.41) is 4.16. The van der Waals surface area contributed by atoms with E-state index in [0.717, 1.165) is 11.3 Å². The lowest BCUT2D eigenvalue weighted by molar-refractivity contribution is 0.483. The Hall–Kier alpha value is -1.16. The van der Waals surface area contributed by atoms with Crippen LogP contribution in [0.3, 0.4) is 0 Å². The zero-order valence-corrected chi connectivity index (χ0v) is 13.5. The average molecular weight is 363 g/mol. The third kappa shape index (κ3) is 3.11. The second-order valence-electron chi connectivity index (χ2n) is 4.29. The summed E-state index contributed by atoms with van der Waals surface area (Å²) in [4.78, 5) is 0.0412. The van der Waals surface area contributed by atoms with E-state index in [-0.39, 0.29) is 22.7 Å². The zero-order valence-electron chi connectivity index (χ0n) is 11.1. The lowest BCUT2D eigenvalue weighted by Crippen LogP contribution is -2.23. The summed E-state index contributed by atoms with van der Waals surface area (Å²) in [5.41, 5.74) is 7.02. The van der Waals surface area contributed by atoms with Gasteiger partial charge in [0.2, 0.25) is 10.0 Å². The molecule has 9 heteroatoms. The second kappa shape index (κ2) is 5.68. The number of hydrogen-bond acceptors (Lipinski definition) is 5. The van der Waals surface area contributed by atoms with Gasteiger partial charge in [-0.2, -0.15) is 5.10 Å². The van der Waals surface area contributed by atoms with Crippen LogP contribution in [-0.4, -0.2) is 18.2 Å². The molecule has 0 atom stereocenters. The third-order valence-corrected chi connectivity index (χ3v) is 5.02. The Morgan fingerprint density at radius 1 is 1.55 bits per heavy atom. The Labute approximate surface area is 125 Å². The van der Waals surface area contributed by atoms with E-state index in [4.69, 9.17) is 10.2 Å². The molecular formula is C11H15BrN4O3S. The number of nitrogens with one attached hydrogen (secondary N) is 1. The van der Waals surface area contributed by atoms with Gasteiger partial charge in [0.15, 0.2) is 4.67 Å². The molecule has 0 aliphatic heterocycles. The highest BCUT2D eigenvalue weighted by Crippen LogP contribution is 2.26.